The Hall–Kier alpha value is -1.32. The molecule has 0 atom stereocenters. The second-order valence-electron chi connectivity index (χ2n) is 3.28. The summed E-state index contributed by atoms with van der Waals surface area (Å²) in [5, 5.41) is 1.16. The van der Waals surface area contributed by atoms with Crippen LogP contribution in [0.15, 0.2) is 29.1 Å². The van der Waals surface area contributed by atoms with Gasteiger partial charge in [-0.05, 0) is 18.2 Å². The summed E-state index contributed by atoms with van der Waals surface area (Å²) in [6, 6.07) is 6.73. The molecule has 1 aromatic heterocycles. The molecule has 15 heavy (non-hydrogen) atoms. The van der Waals surface area contributed by atoms with Gasteiger partial charge in [-0.15, -0.1) is 0 Å². The van der Waals surface area contributed by atoms with Crippen molar-refractivity contribution in [2.24, 2.45) is 0 Å². The third-order valence-electron chi connectivity index (χ3n) is 2.15. The van der Waals surface area contributed by atoms with Gasteiger partial charge in [-0.1, -0.05) is 11.6 Å². The second kappa shape index (κ2) is 4.04. The van der Waals surface area contributed by atoms with Gasteiger partial charge in [0.25, 0.3) is 0 Å². The molecule has 1 N–H and O–H groups in total. The number of H-pyrrole nitrogens is 1. The van der Waals surface area contributed by atoms with Crippen molar-refractivity contribution >= 4 is 22.5 Å². The van der Waals surface area contributed by atoms with E-state index in [0.717, 1.165) is 11.2 Å². The smallest absolute Gasteiger partial charge is 0.189 e. The van der Waals surface area contributed by atoms with Crippen LogP contribution in [0.3, 0.4) is 0 Å². The Kier molecular flexibility index (Phi) is 2.75. The van der Waals surface area contributed by atoms with Gasteiger partial charge >= 0.3 is 0 Å². The number of fused-ring (bicyclic) bond motifs is 1. The van der Waals surface area contributed by atoms with Crippen LogP contribution in [0.25, 0.3) is 10.9 Å². The number of benzene rings is 1. The van der Waals surface area contributed by atoms with Crippen LogP contribution in [0.4, 0.5) is 0 Å². The van der Waals surface area contributed by atoms with Crippen LogP contribution in [0.2, 0.25) is 5.02 Å². The average Bonchev–Trinajstić information content (AvgIpc) is 2.20. The quantitative estimate of drug-likeness (QED) is 0.849. The molecule has 1 aromatic carbocycles. The SMILES string of the molecule is COCc1cc(=O)c2cc(Cl)ccc2[nH]1. The normalized spacial score (nSPS) is 10.8. The molecule has 3 nitrogen and oxygen atoms in total. The summed E-state index contributed by atoms with van der Waals surface area (Å²) in [4.78, 5) is 14.8. The summed E-state index contributed by atoms with van der Waals surface area (Å²) >= 11 is 5.81. The number of hydrogen-bond donors (Lipinski definition) is 1. The Morgan fingerprint density at radius 2 is 2.20 bits per heavy atom. The largest absolute Gasteiger partial charge is 0.378 e. The van der Waals surface area contributed by atoms with Gasteiger partial charge < -0.3 is 9.72 Å². The molecule has 78 valence electrons. The zero-order chi connectivity index (χ0) is 10.8. The van der Waals surface area contributed by atoms with Crippen molar-refractivity contribution in [3.05, 3.63) is 45.2 Å². The standard InChI is InChI=1S/C11H10ClNO2/c1-15-6-8-5-11(14)9-4-7(12)2-3-10(9)13-8/h2-5H,6H2,1H3,(H,13,14). The molecular weight excluding hydrogens is 214 g/mol. The molecule has 0 radical (unpaired) electrons. The lowest BCUT2D eigenvalue weighted by atomic mass is 10.2. The zero-order valence-corrected chi connectivity index (χ0v) is 8.97. The van der Waals surface area contributed by atoms with Crippen molar-refractivity contribution < 1.29 is 4.74 Å². The Balaban J connectivity index is 2.67. The van der Waals surface area contributed by atoms with Crippen LogP contribution in [-0.2, 0) is 11.3 Å². The lowest BCUT2D eigenvalue weighted by molar-refractivity contribution is 0.181. The minimum absolute atomic E-state index is 0.0432. The van der Waals surface area contributed by atoms with Crippen LogP contribution in [-0.4, -0.2) is 12.1 Å². The minimum Gasteiger partial charge on any atom is -0.378 e. The Morgan fingerprint density at radius 3 is 2.93 bits per heavy atom. The van der Waals surface area contributed by atoms with E-state index in [1.54, 1.807) is 25.3 Å². The maximum Gasteiger partial charge on any atom is 0.189 e. The summed E-state index contributed by atoms with van der Waals surface area (Å²) in [5.41, 5.74) is 1.49. The molecular formula is C11H10ClNO2. The van der Waals surface area contributed by atoms with Crippen LogP contribution < -0.4 is 5.43 Å². The molecule has 0 spiro atoms. The topological polar surface area (TPSA) is 42.1 Å². The van der Waals surface area contributed by atoms with Crippen molar-refractivity contribution in [1.29, 1.82) is 0 Å². The van der Waals surface area contributed by atoms with E-state index in [2.05, 4.69) is 4.98 Å². The molecule has 2 aromatic rings. The lowest BCUT2D eigenvalue weighted by Gasteiger charge is -2.03. The van der Waals surface area contributed by atoms with Gasteiger partial charge in [-0.3, -0.25) is 4.79 Å². The minimum atomic E-state index is -0.0432. The molecule has 1 heterocycles. The molecule has 4 heteroatoms. The second-order valence-corrected chi connectivity index (χ2v) is 3.72. The summed E-state index contributed by atoms with van der Waals surface area (Å²) in [6.45, 7) is 0.397. The fraction of sp³-hybridized carbons (Fsp3) is 0.182. The monoisotopic (exact) mass is 223 g/mol. The van der Waals surface area contributed by atoms with Crippen molar-refractivity contribution in [3.8, 4) is 0 Å². The number of ether oxygens (including phenoxy) is 1. The molecule has 0 amide bonds. The molecule has 2 rings (SSSR count). The average molecular weight is 224 g/mol. The number of nitrogens with one attached hydrogen (secondary N) is 1. The number of pyridine rings is 1. The van der Waals surface area contributed by atoms with E-state index in [-0.39, 0.29) is 5.43 Å². The van der Waals surface area contributed by atoms with Crippen molar-refractivity contribution in [3.63, 3.8) is 0 Å². The highest BCUT2D eigenvalue weighted by Crippen LogP contribution is 2.15. The Morgan fingerprint density at radius 1 is 1.40 bits per heavy atom. The molecule has 0 unspecified atom stereocenters. The van der Waals surface area contributed by atoms with E-state index in [1.807, 2.05) is 0 Å². The summed E-state index contributed by atoms with van der Waals surface area (Å²) in [6.07, 6.45) is 0. The molecule has 0 bridgehead atoms. The maximum atomic E-state index is 11.7. The first-order valence-corrected chi connectivity index (χ1v) is 4.89. The number of halogens is 1. The first-order valence-electron chi connectivity index (χ1n) is 4.51. The van der Waals surface area contributed by atoms with Crippen molar-refractivity contribution in [2.45, 2.75) is 6.61 Å². The van der Waals surface area contributed by atoms with E-state index < -0.39 is 0 Å². The number of aromatic amines is 1. The van der Waals surface area contributed by atoms with Crippen LogP contribution in [0.5, 0.6) is 0 Å². The number of methoxy groups -OCH3 is 1. The number of rotatable bonds is 2. The van der Waals surface area contributed by atoms with Gasteiger partial charge in [0, 0.05) is 34.8 Å². The van der Waals surface area contributed by atoms with Crippen molar-refractivity contribution in [2.75, 3.05) is 7.11 Å². The van der Waals surface area contributed by atoms with Crippen molar-refractivity contribution in [1.82, 2.24) is 4.98 Å². The predicted molar refractivity (Wildman–Crippen MR) is 60.3 cm³/mol. The molecule has 0 aliphatic heterocycles. The summed E-state index contributed by atoms with van der Waals surface area (Å²) in [5.74, 6) is 0. The van der Waals surface area contributed by atoms with E-state index >= 15 is 0 Å². The predicted octanol–water partition coefficient (Wildman–Crippen LogP) is 2.33. The first kappa shape index (κ1) is 10.2. The van der Waals surface area contributed by atoms with E-state index in [4.69, 9.17) is 16.3 Å². The first-order chi connectivity index (χ1) is 7.20. The van der Waals surface area contributed by atoms with Gasteiger partial charge in [0.05, 0.1) is 6.61 Å². The summed E-state index contributed by atoms with van der Waals surface area (Å²) < 4.78 is 4.96. The highest BCUT2D eigenvalue weighted by atomic mass is 35.5. The molecule has 0 fully saturated rings. The van der Waals surface area contributed by atoms with Crippen LogP contribution in [0, 0.1) is 0 Å². The lowest BCUT2D eigenvalue weighted by Crippen LogP contribution is -2.05. The zero-order valence-electron chi connectivity index (χ0n) is 8.21. The Labute approximate surface area is 91.6 Å². The van der Waals surface area contributed by atoms with Crippen LogP contribution >= 0.6 is 11.6 Å². The highest BCUT2D eigenvalue weighted by molar-refractivity contribution is 6.31. The van der Waals surface area contributed by atoms with E-state index in [0.29, 0.717) is 17.0 Å². The third-order valence-corrected chi connectivity index (χ3v) is 2.38. The number of aromatic nitrogens is 1. The number of hydrogen-bond acceptors (Lipinski definition) is 2. The fourth-order valence-electron chi connectivity index (χ4n) is 1.51. The van der Waals surface area contributed by atoms with Gasteiger partial charge in [0.1, 0.15) is 0 Å². The molecule has 0 aliphatic rings. The van der Waals surface area contributed by atoms with Gasteiger partial charge in [0.15, 0.2) is 5.43 Å². The van der Waals surface area contributed by atoms with E-state index in [9.17, 15) is 4.79 Å². The van der Waals surface area contributed by atoms with Gasteiger partial charge in [0.2, 0.25) is 0 Å². The Bertz CT molecular complexity index is 548. The maximum absolute atomic E-state index is 11.7. The van der Waals surface area contributed by atoms with Gasteiger partial charge in [-0.2, -0.15) is 0 Å². The van der Waals surface area contributed by atoms with E-state index in [1.165, 1.54) is 6.07 Å². The molecule has 0 saturated heterocycles. The molecule has 0 saturated carbocycles. The fourth-order valence-corrected chi connectivity index (χ4v) is 1.68. The van der Waals surface area contributed by atoms with Gasteiger partial charge in [-0.25, -0.2) is 0 Å². The third kappa shape index (κ3) is 2.03. The highest BCUT2D eigenvalue weighted by Gasteiger charge is 2.02. The summed E-state index contributed by atoms with van der Waals surface area (Å²) in [7, 11) is 1.59. The molecule has 0 aliphatic carbocycles. The van der Waals surface area contributed by atoms with Crippen LogP contribution in [0.1, 0.15) is 5.69 Å².